The van der Waals surface area contributed by atoms with Crippen LogP contribution < -0.4 is 18.9 Å². The standard InChI is InChI=1S/C92H122O4/c1-5-9-13-17-21-25-29-33-37-41-61-93-77-53-45-49-71(65-77)85-81-59-57-75-70-84-88(74-52-48-56-80(68-74)96-64-44-40-36-32-28-24-20-16-12-8-4)86(72-50-46-54-78(66-72)94-62-42-38-34-30-26-22-18-14-10-6-2)82-60-58-76-69-83(91(81)89(75)90(76)92(82)84)87(85)73-51-47-55-79(67-73)95-63-43-39-35-31-27-23-19-15-11-7-3/h45-60,65-70H,5-44,61-64H2,1-4H3. The number of hydrogen-bond acceptors (Lipinski definition) is 4. The van der Waals surface area contributed by atoms with Crippen LogP contribution in [0.3, 0.4) is 0 Å². The molecule has 4 heteroatoms. The Morgan fingerprint density at radius 3 is 0.656 bits per heavy atom. The van der Waals surface area contributed by atoms with Crippen LogP contribution >= 0.6 is 0 Å². The van der Waals surface area contributed by atoms with Crippen LogP contribution in [0.25, 0.3) is 98.4 Å². The van der Waals surface area contributed by atoms with Crippen LogP contribution in [0.1, 0.15) is 285 Å². The SMILES string of the molecule is CCCCCCCCCCCCOc1cccc(-c2c(-c3cccc(OCCCCCCCCCCCC)c3)c3cc4ccc5c(-c6cccc(OCCCCCCCCCCCC)c6)c(-c6cccc(OCCCCCCCCCCCC)c6)c6cc7ccc2c3c7c4c56)c1. The van der Waals surface area contributed by atoms with E-state index >= 15 is 0 Å². The second kappa shape index (κ2) is 40.4. The largest absolute Gasteiger partial charge is 0.494 e. The minimum absolute atomic E-state index is 0.735. The molecule has 0 amide bonds. The Kier molecular flexibility index (Phi) is 30.4. The molecule has 10 aromatic rings. The zero-order chi connectivity index (χ0) is 66.2. The lowest BCUT2D eigenvalue weighted by Crippen LogP contribution is -1.98. The zero-order valence-electron chi connectivity index (χ0n) is 60.4. The molecular weight excluding hydrogens is 1170 g/mol. The molecule has 0 unspecified atom stereocenters. The highest BCUT2D eigenvalue weighted by Gasteiger charge is 2.28. The lowest BCUT2D eigenvalue weighted by Gasteiger charge is -2.14. The van der Waals surface area contributed by atoms with Crippen LogP contribution in [-0.4, -0.2) is 26.4 Å². The Balaban J connectivity index is 0.981. The Bertz CT molecular complexity index is 3530. The summed E-state index contributed by atoms with van der Waals surface area (Å²) in [5.74, 6) is 3.77. The summed E-state index contributed by atoms with van der Waals surface area (Å²) in [4.78, 5) is 0. The molecule has 0 aromatic heterocycles. The topological polar surface area (TPSA) is 36.9 Å². The molecule has 96 heavy (non-hydrogen) atoms. The number of ether oxygens (including phenoxy) is 4. The van der Waals surface area contributed by atoms with Crippen LogP contribution in [0.15, 0.2) is 133 Å². The molecule has 514 valence electrons. The van der Waals surface area contributed by atoms with Gasteiger partial charge < -0.3 is 18.9 Å². The van der Waals surface area contributed by atoms with E-state index in [1.165, 1.54) is 330 Å². The molecule has 0 fully saturated rings. The molecule has 0 aliphatic rings. The fraction of sp³-hybridized carbons (Fsp3) is 0.522. The van der Waals surface area contributed by atoms with E-state index in [1.54, 1.807) is 0 Å². The van der Waals surface area contributed by atoms with E-state index in [1.807, 2.05) is 0 Å². The van der Waals surface area contributed by atoms with E-state index in [0.29, 0.717) is 0 Å². The minimum Gasteiger partial charge on any atom is -0.494 e. The van der Waals surface area contributed by atoms with E-state index < -0.39 is 0 Å². The summed E-state index contributed by atoms with van der Waals surface area (Å²) in [6, 6.07) is 50.8. The van der Waals surface area contributed by atoms with Crippen molar-refractivity contribution in [2.75, 3.05) is 26.4 Å². The van der Waals surface area contributed by atoms with Crippen molar-refractivity contribution < 1.29 is 18.9 Å². The number of benzene rings is 8. The van der Waals surface area contributed by atoms with Gasteiger partial charge in [0.25, 0.3) is 0 Å². The molecule has 10 rings (SSSR count). The van der Waals surface area contributed by atoms with Crippen molar-refractivity contribution in [1.82, 2.24) is 0 Å². The maximum absolute atomic E-state index is 6.68. The van der Waals surface area contributed by atoms with Gasteiger partial charge in [0, 0.05) is 0 Å². The minimum atomic E-state index is 0.735. The van der Waals surface area contributed by atoms with Crippen molar-refractivity contribution in [3.8, 4) is 67.5 Å². The first-order valence-corrected chi connectivity index (χ1v) is 39.8. The van der Waals surface area contributed by atoms with Crippen LogP contribution in [0, 0.1) is 0 Å². The Morgan fingerprint density at radius 2 is 0.417 bits per heavy atom. The van der Waals surface area contributed by atoms with Gasteiger partial charge in [-0.2, -0.15) is 0 Å². The smallest absolute Gasteiger partial charge is 0.119 e. The quantitative estimate of drug-likeness (QED) is 0.0281. The van der Waals surface area contributed by atoms with Crippen molar-refractivity contribution in [2.24, 2.45) is 0 Å². The van der Waals surface area contributed by atoms with Gasteiger partial charge >= 0.3 is 0 Å². The number of unbranched alkanes of at least 4 members (excludes halogenated alkanes) is 36. The van der Waals surface area contributed by atoms with Gasteiger partial charge in [-0.3, -0.25) is 0 Å². The monoisotopic (exact) mass is 1290 g/mol. The van der Waals surface area contributed by atoms with E-state index in [-0.39, 0.29) is 0 Å². The van der Waals surface area contributed by atoms with Gasteiger partial charge in [-0.05, 0) is 185 Å². The first-order chi connectivity index (χ1) is 47.6. The predicted molar refractivity (Wildman–Crippen MR) is 419 cm³/mol. The van der Waals surface area contributed by atoms with Gasteiger partial charge in [0.1, 0.15) is 23.0 Å². The zero-order valence-corrected chi connectivity index (χ0v) is 60.4. The lowest BCUT2D eigenvalue weighted by atomic mass is 9.89. The number of rotatable bonds is 52. The first kappa shape index (κ1) is 72.2. The van der Waals surface area contributed by atoms with Gasteiger partial charge in [0.2, 0.25) is 0 Å². The summed E-state index contributed by atoms with van der Waals surface area (Å²) < 4.78 is 26.7. The summed E-state index contributed by atoms with van der Waals surface area (Å²) in [5.41, 5.74) is 9.80. The normalized spacial score (nSPS) is 11.9. The predicted octanol–water partition coefficient (Wildman–Crippen LogP) is 29.6. The van der Waals surface area contributed by atoms with E-state index in [0.717, 1.165) is 75.1 Å². The van der Waals surface area contributed by atoms with Crippen molar-refractivity contribution in [2.45, 2.75) is 285 Å². The summed E-state index contributed by atoms with van der Waals surface area (Å²) in [7, 11) is 0. The maximum atomic E-state index is 6.68. The second-order valence-corrected chi connectivity index (χ2v) is 28.8. The molecule has 0 atom stereocenters. The van der Waals surface area contributed by atoms with Gasteiger partial charge in [-0.1, -0.05) is 332 Å². The fourth-order valence-corrected chi connectivity index (χ4v) is 15.7. The molecule has 0 spiro atoms. The highest BCUT2D eigenvalue weighted by atomic mass is 16.5. The Morgan fingerprint density at radius 1 is 0.198 bits per heavy atom. The average Bonchev–Trinajstić information content (AvgIpc) is 1.24. The fourth-order valence-electron chi connectivity index (χ4n) is 15.7. The average molecular weight is 1290 g/mol. The molecule has 0 bridgehead atoms. The molecular formula is C92H122O4. The van der Waals surface area contributed by atoms with E-state index in [2.05, 4.69) is 161 Å². The van der Waals surface area contributed by atoms with Gasteiger partial charge in [0.15, 0.2) is 0 Å². The molecule has 0 radical (unpaired) electrons. The van der Waals surface area contributed by atoms with Crippen molar-refractivity contribution in [1.29, 1.82) is 0 Å². The summed E-state index contributed by atoms with van der Waals surface area (Å²) in [5, 5.41) is 13.0. The lowest BCUT2D eigenvalue weighted by molar-refractivity contribution is 0.304. The first-order valence-electron chi connectivity index (χ1n) is 39.8. The van der Waals surface area contributed by atoms with Crippen LogP contribution in [0.4, 0.5) is 0 Å². The summed E-state index contributed by atoms with van der Waals surface area (Å²) >= 11 is 0. The van der Waals surface area contributed by atoms with Gasteiger partial charge in [0.05, 0.1) is 26.4 Å². The third-order valence-corrected chi connectivity index (χ3v) is 21.0. The third kappa shape index (κ3) is 20.3. The molecule has 0 aliphatic carbocycles. The van der Waals surface area contributed by atoms with Crippen LogP contribution in [0.2, 0.25) is 0 Å². The van der Waals surface area contributed by atoms with Gasteiger partial charge in [-0.15, -0.1) is 0 Å². The molecule has 0 saturated carbocycles. The highest BCUT2D eigenvalue weighted by molar-refractivity contribution is 6.43. The Labute approximate surface area is 581 Å². The highest BCUT2D eigenvalue weighted by Crippen LogP contribution is 2.56. The molecule has 0 N–H and O–H groups in total. The molecule has 0 saturated heterocycles. The summed E-state index contributed by atoms with van der Waals surface area (Å²) in [6.45, 7) is 12.2. The molecule has 0 aliphatic heterocycles. The molecule has 0 heterocycles. The molecule has 10 aromatic carbocycles. The van der Waals surface area contributed by atoms with Gasteiger partial charge in [-0.25, -0.2) is 0 Å². The summed E-state index contributed by atoms with van der Waals surface area (Å²) in [6.07, 6.45) is 52.4. The van der Waals surface area contributed by atoms with Crippen molar-refractivity contribution in [3.05, 3.63) is 133 Å². The molecule has 4 nitrogen and oxygen atoms in total. The van der Waals surface area contributed by atoms with E-state index in [9.17, 15) is 0 Å². The second-order valence-electron chi connectivity index (χ2n) is 28.8. The van der Waals surface area contributed by atoms with Crippen molar-refractivity contribution in [3.63, 3.8) is 0 Å². The Hall–Kier alpha value is -6.52. The third-order valence-electron chi connectivity index (χ3n) is 21.0. The van der Waals surface area contributed by atoms with Crippen LogP contribution in [-0.2, 0) is 0 Å². The maximum Gasteiger partial charge on any atom is 0.119 e. The van der Waals surface area contributed by atoms with E-state index in [4.69, 9.17) is 18.9 Å². The van der Waals surface area contributed by atoms with Crippen molar-refractivity contribution >= 4 is 53.9 Å². The number of hydrogen-bond donors (Lipinski definition) is 0. The van der Waals surface area contributed by atoms with Crippen LogP contribution in [0.5, 0.6) is 23.0 Å².